The normalized spacial score (nSPS) is 23.0. The number of nitrogens with zero attached hydrogens (tertiary/aromatic N) is 3. The molecular formula is C22H29N3O2. The Morgan fingerprint density at radius 3 is 2.96 bits per heavy atom. The molecular weight excluding hydrogens is 338 g/mol. The molecule has 0 bridgehead atoms. The van der Waals surface area contributed by atoms with Crippen molar-refractivity contribution in [2.75, 3.05) is 6.54 Å². The predicted molar refractivity (Wildman–Crippen MR) is 108 cm³/mol. The van der Waals surface area contributed by atoms with Gasteiger partial charge in [-0.3, -0.25) is 0 Å². The van der Waals surface area contributed by atoms with Crippen LogP contribution in [0.2, 0.25) is 0 Å². The molecule has 0 fully saturated rings. The first-order valence-electron chi connectivity index (χ1n) is 9.78. The maximum Gasteiger partial charge on any atom is 0.127 e. The number of rotatable bonds is 6. The molecule has 0 spiro atoms. The Bertz CT molecular complexity index is 804. The molecule has 1 aromatic carbocycles. The maximum atomic E-state index is 10.8. The van der Waals surface area contributed by atoms with Gasteiger partial charge in [-0.05, 0) is 76.1 Å². The van der Waals surface area contributed by atoms with E-state index in [9.17, 15) is 5.11 Å². The van der Waals surface area contributed by atoms with E-state index in [4.69, 9.17) is 10.3 Å². The highest BCUT2D eigenvalue weighted by atomic mass is 16.5. The van der Waals surface area contributed by atoms with Crippen molar-refractivity contribution < 1.29 is 9.84 Å². The van der Waals surface area contributed by atoms with E-state index in [1.165, 1.54) is 5.57 Å². The molecule has 1 unspecified atom stereocenters. The first kappa shape index (κ1) is 19.4. The van der Waals surface area contributed by atoms with Gasteiger partial charge in [-0.15, -0.1) is 0 Å². The minimum Gasteiger partial charge on any atom is -0.508 e. The van der Waals surface area contributed by atoms with Crippen LogP contribution in [0.25, 0.3) is 10.4 Å². The summed E-state index contributed by atoms with van der Waals surface area (Å²) in [5, 5.41) is 14.3. The Balaban J connectivity index is 1.77. The number of phenols is 1. The third-order valence-electron chi connectivity index (χ3n) is 5.78. The number of azide groups is 1. The largest absolute Gasteiger partial charge is 0.508 e. The minimum atomic E-state index is -0.239. The fourth-order valence-electron chi connectivity index (χ4n) is 4.40. The van der Waals surface area contributed by atoms with Crippen molar-refractivity contribution in [2.45, 2.75) is 64.4 Å². The maximum absolute atomic E-state index is 10.8. The third kappa shape index (κ3) is 4.30. The first-order valence-corrected chi connectivity index (χ1v) is 9.78. The van der Waals surface area contributed by atoms with Crippen LogP contribution in [-0.2, 0) is 6.42 Å². The van der Waals surface area contributed by atoms with Crippen LogP contribution in [0, 0.1) is 5.92 Å². The highest BCUT2D eigenvalue weighted by molar-refractivity contribution is 5.53. The van der Waals surface area contributed by atoms with Crippen LogP contribution in [0.15, 0.2) is 41.0 Å². The average molecular weight is 367 g/mol. The molecule has 1 N–H and O–H groups in total. The zero-order valence-electron chi connectivity index (χ0n) is 16.5. The van der Waals surface area contributed by atoms with E-state index in [0.717, 1.165) is 49.0 Å². The fourth-order valence-corrected chi connectivity index (χ4v) is 4.40. The summed E-state index contributed by atoms with van der Waals surface area (Å²) in [6, 6.07) is 3.97. The second-order valence-corrected chi connectivity index (χ2v) is 8.21. The molecule has 1 heterocycles. The molecule has 27 heavy (non-hydrogen) atoms. The molecule has 5 heteroatoms. The lowest BCUT2D eigenvalue weighted by Gasteiger charge is -2.47. The number of hydrogen-bond donors (Lipinski definition) is 1. The Hall–Kier alpha value is -2.39. The molecule has 0 saturated carbocycles. The predicted octanol–water partition coefficient (Wildman–Crippen LogP) is 6.19. The number of ether oxygens (including phenoxy) is 1. The van der Waals surface area contributed by atoms with Crippen LogP contribution in [0.3, 0.4) is 0 Å². The zero-order valence-corrected chi connectivity index (χ0v) is 16.5. The molecule has 1 aliphatic carbocycles. The van der Waals surface area contributed by atoms with Gasteiger partial charge in [0, 0.05) is 28.9 Å². The van der Waals surface area contributed by atoms with Gasteiger partial charge in [-0.25, -0.2) is 0 Å². The molecule has 1 aromatic rings. The summed E-state index contributed by atoms with van der Waals surface area (Å²) in [5.74, 6) is 1.91. The summed E-state index contributed by atoms with van der Waals surface area (Å²) >= 11 is 0. The standard InChI is InChI=1S/C22H29N3O2/c1-15-9-10-18-17(12-15)21-19(26)13-16(14-20(21)27-22(18,2)3)8-6-4-5-7-11-24-25-23/h4,6,9,13-14,17-18,26H,5,7-8,10-12H2,1-3H3/t17-,18?/m1/s1. The molecule has 0 saturated heterocycles. The van der Waals surface area contributed by atoms with Crippen molar-refractivity contribution in [2.24, 2.45) is 11.0 Å². The molecule has 3 rings (SSSR count). The number of fused-ring (bicyclic) bond motifs is 3. The monoisotopic (exact) mass is 367 g/mol. The summed E-state index contributed by atoms with van der Waals surface area (Å²) in [5.41, 5.74) is 11.5. The van der Waals surface area contributed by atoms with Gasteiger partial charge in [0.2, 0.25) is 0 Å². The first-order chi connectivity index (χ1) is 12.9. The number of allylic oxidation sites excluding steroid dienone is 4. The highest BCUT2D eigenvalue weighted by Gasteiger charge is 2.45. The van der Waals surface area contributed by atoms with E-state index in [2.05, 4.69) is 55.1 Å². The number of benzene rings is 1. The second kappa shape index (κ2) is 8.10. The van der Waals surface area contributed by atoms with Crippen LogP contribution < -0.4 is 4.74 Å². The smallest absolute Gasteiger partial charge is 0.127 e. The summed E-state index contributed by atoms with van der Waals surface area (Å²) in [7, 11) is 0. The molecule has 144 valence electrons. The number of aromatic hydroxyl groups is 1. The third-order valence-corrected chi connectivity index (χ3v) is 5.78. The molecule has 2 atom stereocenters. The quantitative estimate of drug-likeness (QED) is 0.214. The van der Waals surface area contributed by atoms with Gasteiger partial charge in [0.1, 0.15) is 17.1 Å². The highest BCUT2D eigenvalue weighted by Crippen LogP contribution is 2.54. The van der Waals surface area contributed by atoms with Gasteiger partial charge in [-0.1, -0.05) is 28.9 Å². The van der Waals surface area contributed by atoms with Crippen molar-refractivity contribution in [1.29, 1.82) is 0 Å². The molecule has 1 aliphatic heterocycles. The van der Waals surface area contributed by atoms with Gasteiger partial charge >= 0.3 is 0 Å². The van der Waals surface area contributed by atoms with Crippen LogP contribution >= 0.6 is 0 Å². The summed E-state index contributed by atoms with van der Waals surface area (Å²) < 4.78 is 6.36. The number of unbranched alkanes of at least 4 members (excludes halogenated alkanes) is 1. The van der Waals surface area contributed by atoms with Crippen molar-refractivity contribution in [3.63, 3.8) is 0 Å². The van der Waals surface area contributed by atoms with Crippen LogP contribution in [0.1, 0.15) is 63.5 Å². The van der Waals surface area contributed by atoms with E-state index in [-0.39, 0.29) is 5.60 Å². The van der Waals surface area contributed by atoms with Crippen molar-refractivity contribution in [3.8, 4) is 11.5 Å². The van der Waals surface area contributed by atoms with Gasteiger partial charge in [0.15, 0.2) is 0 Å². The van der Waals surface area contributed by atoms with Gasteiger partial charge in [0.05, 0.1) is 0 Å². The number of phenolic OH excluding ortho intramolecular Hbond substituents is 1. The Labute approximate surface area is 161 Å². The minimum absolute atomic E-state index is 0.239. The SMILES string of the molecule is CC1=CCC2[C@@H](C1)c1c(O)cc(CC=CCCCN=[N+]=[N-])cc1OC2(C)C. The van der Waals surface area contributed by atoms with E-state index in [1.54, 1.807) is 0 Å². The van der Waals surface area contributed by atoms with Gasteiger partial charge < -0.3 is 9.84 Å². The van der Waals surface area contributed by atoms with Crippen molar-refractivity contribution >= 4 is 0 Å². The molecule has 0 aromatic heterocycles. The molecule has 2 aliphatic rings. The van der Waals surface area contributed by atoms with E-state index >= 15 is 0 Å². The molecule has 0 radical (unpaired) electrons. The molecule has 5 nitrogen and oxygen atoms in total. The lowest BCUT2D eigenvalue weighted by molar-refractivity contribution is 0.00754. The van der Waals surface area contributed by atoms with Crippen LogP contribution in [0.5, 0.6) is 11.5 Å². The van der Waals surface area contributed by atoms with Crippen molar-refractivity contribution in [3.05, 3.63) is 57.5 Å². The van der Waals surface area contributed by atoms with E-state index in [1.807, 2.05) is 6.07 Å². The zero-order chi connectivity index (χ0) is 19.4. The second-order valence-electron chi connectivity index (χ2n) is 8.21. The molecule has 0 amide bonds. The summed E-state index contributed by atoms with van der Waals surface area (Å²) in [6.07, 6.45) is 11.0. The van der Waals surface area contributed by atoms with Crippen LogP contribution in [-0.4, -0.2) is 17.3 Å². The van der Waals surface area contributed by atoms with Crippen LogP contribution in [0.4, 0.5) is 0 Å². The fraction of sp³-hybridized carbons (Fsp3) is 0.545. The summed E-state index contributed by atoms with van der Waals surface area (Å²) in [6.45, 7) is 7.03. The average Bonchev–Trinajstić information content (AvgIpc) is 2.59. The Kier molecular flexibility index (Phi) is 5.81. The van der Waals surface area contributed by atoms with Gasteiger partial charge in [-0.2, -0.15) is 0 Å². The van der Waals surface area contributed by atoms with Gasteiger partial charge in [0.25, 0.3) is 0 Å². The number of hydrogen-bond acceptors (Lipinski definition) is 3. The summed E-state index contributed by atoms with van der Waals surface area (Å²) in [4.78, 5) is 2.75. The Morgan fingerprint density at radius 2 is 2.19 bits per heavy atom. The lowest BCUT2D eigenvalue weighted by Crippen LogP contribution is -2.45. The van der Waals surface area contributed by atoms with E-state index < -0.39 is 0 Å². The Morgan fingerprint density at radius 1 is 1.37 bits per heavy atom. The topological polar surface area (TPSA) is 78.2 Å². The van der Waals surface area contributed by atoms with E-state index in [0.29, 0.717) is 24.1 Å². The lowest BCUT2D eigenvalue weighted by atomic mass is 9.67. The van der Waals surface area contributed by atoms with Crippen molar-refractivity contribution in [1.82, 2.24) is 0 Å².